The zero-order valence-corrected chi connectivity index (χ0v) is 22.7. The highest BCUT2D eigenvalue weighted by Crippen LogP contribution is 2.38. The van der Waals surface area contributed by atoms with Crippen LogP contribution in [0.4, 0.5) is 0 Å². The van der Waals surface area contributed by atoms with E-state index in [1.165, 1.54) is 49.9 Å². The highest BCUT2D eigenvalue weighted by molar-refractivity contribution is 5.82. The summed E-state index contributed by atoms with van der Waals surface area (Å²) in [6.07, 6.45) is 12.7. The van der Waals surface area contributed by atoms with Gasteiger partial charge in [-0.1, -0.05) is 32.6 Å². The maximum Gasteiger partial charge on any atom is 0.290 e. The first-order valence-corrected chi connectivity index (χ1v) is 13.2. The molecule has 1 aliphatic rings. The number of nitrogens with one attached hydrogen (secondary N) is 1. The molecule has 1 heterocycles. The van der Waals surface area contributed by atoms with Gasteiger partial charge in [0.05, 0.1) is 11.0 Å². The van der Waals surface area contributed by atoms with E-state index in [0.29, 0.717) is 17.8 Å². The van der Waals surface area contributed by atoms with Crippen molar-refractivity contribution in [2.24, 2.45) is 5.92 Å². The Labute approximate surface area is 216 Å². The van der Waals surface area contributed by atoms with Gasteiger partial charge in [0.15, 0.2) is 0 Å². The molecule has 0 amide bonds. The minimum Gasteiger partial charge on any atom is -0.508 e. The van der Waals surface area contributed by atoms with Gasteiger partial charge in [0, 0.05) is 37.8 Å². The number of ether oxygens (including phenoxy) is 1. The Kier molecular flexibility index (Phi) is 15.7. The highest BCUT2D eigenvalue weighted by atomic mass is 16.5. The number of methoxy groups -OCH3 is 1. The van der Waals surface area contributed by atoms with E-state index in [0.717, 1.165) is 55.7 Å². The number of rotatable bonds is 12. The van der Waals surface area contributed by atoms with Gasteiger partial charge in [-0.3, -0.25) is 4.79 Å². The van der Waals surface area contributed by atoms with Crippen LogP contribution in [0.1, 0.15) is 89.1 Å². The fourth-order valence-corrected chi connectivity index (χ4v) is 5.11. The van der Waals surface area contributed by atoms with E-state index < -0.39 is 0 Å². The molecular formula is C28H47N3O5. The summed E-state index contributed by atoms with van der Waals surface area (Å²) in [5, 5.41) is 20.9. The molecule has 3 atom stereocenters. The van der Waals surface area contributed by atoms with Gasteiger partial charge in [0.2, 0.25) is 0 Å². The van der Waals surface area contributed by atoms with Gasteiger partial charge in [-0.25, -0.2) is 4.98 Å². The first-order chi connectivity index (χ1) is 17.5. The molecule has 36 heavy (non-hydrogen) atoms. The van der Waals surface area contributed by atoms with Crippen LogP contribution in [0.5, 0.6) is 5.75 Å². The number of nitrogens with zero attached hydrogens (tertiary/aromatic N) is 2. The Balaban J connectivity index is 0.00000120. The molecule has 8 nitrogen and oxygen atoms in total. The second-order valence-electron chi connectivity index (χ2n) is 9.75. The summed E-state index contributed by atoms with van der Waals surface area (Å²) in [7, 11) is 3.77. The summed E-state index contributed by atoms with van der Waals surface area (Å²) in [6, 6.07) is 4.94. The first-order valence-electron chi connectivity index (χ1n) is 13.2. The lowest BCUT2D eigenvalue weighted by atomic mass is 9.86. The van der Waals surface area contributed by atoms with Crippen LogP contribution in [0.3, 0.4) is 0 Å². The monoisotopic (exact) mass is 505 g/mol. The van der Waals surface area contributed by atoms with E-state index in [9.17, 15) is 5.11 Å². The summed E-state index contributed by atoms with van der Waals surface area (Å²) >= 11 is 0. The number of aromatic hydroxyl groups is 1. The molecule has 0 spiro atoms. The molecule has 0 saturated heterocycles. The third kappa shape index (κ3) is 9.54. The molecule has 3 N–H and O–H groups in total. The SMILES string of the molecule is C=O.CNC(C)CCc1c(O)ccc2c1nc(CCCCCCOC)n2C1CCCC(C)C1.O=CO. The smallest absolute Gasteiger partial charge is 0.290 e. The number of unbranched alkanes of at least 4 members (excludes halogenated alkanes) is 3. The molecule has 0 radical (unpaired) electrons. The summed E-state index contributed by atoms with van der Waals surface area (Å²) in [5.74, 6) is 2.38. The van der Waals surface area contributed by atoms with Crippen LogP contribution in [0.25, 0.3) is 11.0 Å². The molecule has 2 aromatic rings. The van der Waals surface area contributed by atoms with Crippen molar-refractivity contribution in [2.45, 2.75) is 96.6 Å². The second-order valence-corrected chi connectivity index (χ2v) is 9.75. The quantitative estimate of drug-likeness (QED) is 0.265. The minimum atomic E-state index is -0.250. The van der Waals surface area contributed by atoms with Crippen molar-refractivity contribution < 1.29 is 24.5 Å². The van der Waals surface area contributed by atoms with Crippen LogP contribution in [0.15, 0.2) is 12.1 Å². The number of phenolic OH excluding ortho intramolecular Hbond substituents is 1. The normalized spacial score (nSPS) is 18.0. The van der Waals surface area contributed by atoms with E-state index in [1.807, 2.05) is 19.9 Å². The molecule has 1 saturated carbocycles. The van der Waals surface area contributed by atoms with Crippen LogP contribution < -0.4 is 5.32 Å². The maximum atomic E-state index is 10.7. The van der Waals surface area contributed by atoms with Crippen LogP contribution in [0.2, 0.25) is 0 Å². The lowest BCUT2D eigenvalue weighted by Crippen LogP contribution is -2.21. The van der Waals surface area contributed by atoms with Crippen LogP contribution in [0, 0.1) is 5.92 Å². The van der Waals surface area contributed by atoms with Crippen molar-refractivity contribution in [3.63, 3.8) is 0 Å². The van der Waals surface area contributed by atoms with Crippen LogP contribution in [-0.4, -0.2) is 59.8 Å². The van der Waals surface area contributed by atoms with Crippen molar-refractivity contribution in [1.82, 2.24) is 14.9 Å². The molecule has 3 rings (SSSR count). The first kappa shape index (κ1) is 31.6. The number of phenols is 1. The number of aromatic nitrogens is 2. The summed E-state index contributed by atoms with van der Waals surface area (Å²) in [4.78, 5) is 21.5. The molecule has 0 bridgehead atoms. The fourth-order valence-electron chi connectivity index (χ4n) is 5.11. The van der Waals surface area contributed by atoms with Crippen molar-refractivity contribution in [3.8, 4) is 5.75 Å². The predicted molar refractivity (Wildman–Crippen MR) is 145 cm³/mol. The molecule has 3 unspecified atom stereocenters. The number of aryl methyl sites for hydroxylation is 2. The third-order valence-corrected chi connectivity index (χ3v) is 7.11. The molecule has 1 aliphatic carbocycles. The Morgan fingerprint density at radius 2 is 1.92 bits per heavy atom. The van der Waals surface area contributed by atoms with Gasteiger partial charge >= 0.3 is 0 Å². The van der Waals surface area contributed by atoms with Crippen molar-refractivity contribution in [2.75, 3.05) is 20.8 Å². The molecule has 1 aromatic carbocycles. The maximum absolute atomic E-state index is 10.7. The Morgan fingerprint density at radius 3 is 2.56 bits per heavy atom. The third-order valence-electron chi connectivity index (χ3n) is 7.11. The average Bonchev–Trinajstić information content (AvgIpc) is 3.25. The Bertz CT molecular complexity index is 886. The number of benzene rings is 1. The van der Waals surface area contributed by atoms with Gasteiger partial charge in [0.1, 0.15) is 18.4 Å². The standard InChI is InChI=1S/C26H43N3O2.CH2O2.CH2O/c1-19-10-9-11-21(18-19)29-23-15-16-24(30)22(14-13-20(2)27-3)26(23)28-25(29)12-7-5-6-8-17-31-4;2-1-3;1-2/h15-16,19-21,27,30H,5-14,17-18H2,1-4H3;1H,(H,2,3);1H2. The van der Waals surface area contributed by atoms with E-state index in [4.69, 9.17) is 24.4 Å². The zero-order chi connectivity index (χ0) is 26.9. The minimum absolute atomic E-state index is 0.250. The number of hydrogen-bond acceptors (Lipinski definition) is 6. The highest BCUT2D eigenvalue weighted by Gasteiger charge is 2.26. The number of carbonyl (C=O) groups is 2. The van der Waals surface area contributed by atoms with Crippen molar-refractivity contribution in [1.29, 1.82) is 0 Å². The number of hydrogen-bond donors (Lipinski definition) is 3. The van der Waals surface area contributed by atoms with Crippen molar-refractivity contribution in [3.05, 3.63) is 23.5 Å². The topological polar surface area (TPSA) is 114 Å². The summed E-state index contributed by atoms with van der Waals surface area (Å²) in [6.45, 7) is 7.18. The van der Waals surface area contributed by atoms with Crippen LogP contribution in [-0.2, 0) is 27.2 Å². The zero-order valence-electron chi connectivity index (χ0n) is 22.7. The lowest BCUT2D eigenvalue weighted by Gasteiger charge is -2.29. The lowest BCUT2D eigenvalue weighted by molar-refractivity contribution is -0.122. The number of fused-ring (bicyclic) bond motifs is 1. The fraction of sp³-hybridized carbons (Fsp3) is 0.679. The number of carboxylic acid groups (broad SMARTS) is 1. The molecule has 204 valence electrons. The average molecular weight is 506 g/mol. The van der Waals surface area contributed by atoms with E-state index in [1.54, 1.807) is 7.11 Å². The number of carbonyl (C=O) groups excluding carboxylic acids is 1. The summed E-state index contributed by atoms with van der Waals surface area (Å²) < 4.78 is 7.73. The molecule has 1 fully saturated rings. The van der Waals surface area contributed by atoms with E-state index in [2.05, 4.69) is 29.8 Å². The van der Waals surface area contributed by atoms with Gasteiger partial charge in [-0.2, -0.15) is 0 Å². The number of imidazole rings is 1. The molecular weight excluding hydrogens is 458 g/mol. The second kappa shape index (κ2) is 17.9. The molecule has 8 heteroatoms. The van der Waals surface area contributed by atoms with Gasteiger partial charge in [-0.15, -0.1) is 0 Å². The van der Waals surface area contributed by atoms with Crippen LogP contribution >= 0.6 is 0 Å². The molecule has 0 aliphatic heterocycles. The Hall–Kier alpha value is -2.45. The summed E-state index contributed by atoms with van der Waals surface area (Å²) in [5.41, 5.74) is 3.26. The van der Waals surface area contributed by atoms with Gasteiger partial charge in [0.25, 0.3) is 6.47 Å². The van der Waals surface area contributed by atoms with E-state index in [-0.39, 0.29) is 6.47 Å². The predicted octanol–water partition coefficient (Wildman–Crippen LogP) is 5.30. The van der Waals surface area contributed by atoms with Gasteiger partial charge in [-0.05, 0) is 70.5 Å². The van der Waals surface area contributed by atoms with E-state index >= 15 is 0 Å². The van der Waals surface area contributed by atoms with Gasteiger partial charge < -0.3 is 29.6 Å². The van der Waals surface area contributed by atoms with Crippen molar-refractivity contribution >= 4 is 24.3 Å². The largest absolute Gasteiger partial charge is 0.508 e. The Morgan fingerprint density at radius 1 is 1.22 bits per heavy atom. The molecule has 1 aromatic heterocycles.